The van der Waals surface area contributed by atoms with E-state index in [1.807, 2.05) is 12.3 Å². The number of thiophene rings is 1. The highest BCUT2D eigenvalue weighted by Gasteiger charge is 2.17. The molecular formula is C22H30N4OS. The van der Waals surface area contributed by atoms with Crippen molar-refractivity contribution in [2.45, 2.75) is 45.1 Å². The summed E-state index contributed by atoms with van der Waals surface area (Å²) in [7, 11) is 2.16. The maximum Gasteiger partial charge on any atom is 0.261 e. The molecule has 1 saturated heterocycles. The number of nitrogens with zero attached hydrogens (tertiary/aromatic N) is 3. The summed E-state index contributed by atoms with van der Waals surface area (Å²) in [6.45, 7) is 4.67. The predicted molar refractivity (Wildman–Crippen MR) is 115 cm³/mol. The fourth-order valence-corrected chi connectivity index (χ4v) is 5.17. The van der Waals surface area contributed by atoms with Gasteiger partial charge in [-0.05, 0) is 62.1 Å². The Morgan fingerprint density at radius 1 is 1.11 bits per heavy atom. The van der Waals surface area contributed by atoms with Gasteiger partial charge >= 0.3 is 0 Å². The van der Waals surface area contributed by atoms with E-state index in [2.05, 4.69) is 39.3 Å². The molecule has 6 heteroatoms. The fraction of sp³-hybridized carbons (Fsp3) is 0.545. The molecule has 1 aliphatic heterocycles. The molecule has 2 aromatic rings. The monoisotopic (exact) mass is 398 g/mol. The summed E-state index contributed by atoms with van der Waals surface area (Å²) in [6.07, 6.45) is 9.23. The molecule has 1 N–H and O–H groups in total. The first-order valence-corrected chi connectivity index (χ1v) is 11.3. The number of piperazine rings is 1. The second-order valence-electron chi connectivity index (χ2n) is 7.97. The predicted octanol–water partition coefficient (Wildman–Crippen LogP) is 3.48. The minimum absolute atomic E-state index is 0.0507. The first-order valence-electron chi connectivity index (χ1n) is 10.5. The summed E-state index contributed by atoms with van der Waals surface area (Å²) < 4.78 is 0. The van der Waals surface area contributed by atoms with Gasteiger partial charge in [-0.25, -0.2) is 4.98 Å². The quantitative estimate of drug-likeness (QED) is 0.857. The molecule has 0 atom stereocenters. The molecule has 0 bridgehead atoms. The minimum atomic E-state index is 0.0507. The van der Waals surface area contributed by atoms with Crippen molar-refractivity contribution in [2.24, 2.45) is 0 Å². The Hall–Kier alpha value is -1.92. The van der Waals surface area contributed by atoms with Gasteiger partial charge in [0.1, 0.15) is 5.82 Å². The van der Waals surface area contributed by atoms with Crippen molar-refractivity contribution < 1.29 is 4.79 Å². The fourth-order valence-electron chi connectivity index (χ4n) is 4.00. The van der Waals surface area contributed by atoms with E-state index in [0.29, 0.717) is 6.54 Å². The topological polar surface area (TPSA) is 48.5 Å². The van der Waals surface area contributed by atoms with E-state index in [1.165, 1.54) is 36.1 Å². The van der Waals surface area contributed by atoms with Crippen molar-refractivity contribution in [1.82, 2.24) is 15.2 Å². The molecule has 1 aliphatic carbocycles. The van der Waals surface area contributed by atoms with E-state index in [4.69, 9.17) is 0 Å². The van der Waals surface area contributed by atoms with Crippen molar-refractivity contribution in [2.75, 3.05) is 38.1 Å². The summed E-state index contributed by atoms with van der Waals surface area (Å²) in [6, 6.07) is 6.23. The van der Waals surface area contributed by atoms with Gasteiger partial charge in [0.2, 0.25) is 0 Å². The number of anilines is 1. The van der Waals surface area contributed by atoms with E-state index in [1.54, 1.807) is 11.3 Å². The molecule has 0 spiro atoms. The average Bonchev–Trinajstić information content (AvgIpc) is 3.09. The van der Waals surface area contributed by atoms with Gasteiger partial charge in [-0.1, -0.05) is 12.8 Å². The van der Waals surface area contributed by atoms with Gasteiger partial charge in [0.15, 0.2) is 0 Å². The highest BCUT2D eigenvalue weighted by Crippen LogP contribution is 2.28. The summed E-state index contributed by atoms with van der Waals surface area (Å²) >= 11 is 1.69. The molecule has 28 heavy (non-hydrogen) atoms. The van der Waals surface area contributed by atoms with Gasteiger partial charge in [0.25, 0.3) is 5.91 Å². The van der Waals surface area contributed by atoms with Crippen LogP contribution in [0.5, 0.6) is 0 Å². The van der Waals surface area contributed by atoms with Gasteiger partial charge in [0.05, 0.1) is 4.88 Å². The van der Waals surface area contributed by atoms with E-state index in [0.717, 1.165) is 55.3 Å². The Kier molecular flexibility index (Phi) is 6.27. The van der Waals surface area contributed by atoms with Crippen LogP contribution in [0.15, 0.2) is 24.4 Å². The van der Waals surface area contributed by atoms with Crippen molar-refractivity contribution in [3.8, 4) is 0 Å². The van der Waals surface area contributed by atoms with Gasteiger partial charge < -0.3 is 15.1 Å². The summed E-state index contributed by atoms with van der Waals surface area (Å²) in [5.74, 6) is 1.06. The molecule has 0 saturated carbocycles. The maximum absolute atomic E-state index is 12.7. The molecule has 1 amide bonds. The van der Waals surface area contributed by atoms with Crippen LogP contribution in [0.1, 0.15) is 51.4 Å². The Morgan fingerprint density at radius 2 is 1.89 bits per heavy atom. The van der Waals surface area contributed by atoms with Crippen molar-refractivity contribution in [3.63, 3.8) is 0 Å². The number of hydrogen-bond donors (Lipinski definition) is 1. The SMILES string of the molecule is CN1CCN(c2cc(CNC(=O)c3cc4c(s3)CCCCCC4)ccn2)CC1. The summed E-state index contributed by atoms with van der Waals surface area (Å²) in [5, 5.41) is 3.11. The van der Waals surface area contributed by atoms with Gasteiger partial charge in [-0.3, -0.25) is 4.79 Å². The molecule has 5 nitrogen and oxygen atoms in total. The Labute approximate surface area is 171 Å². The lowest BCUT2D eigenvalue weighted by Crippen LogP contribution is -2.44. The first kappa shape index (κ1) is 19.4. The number of rotatable bonds is 4. The number of carbonyl (C=O) groups excluding carboxylic acids is 1. The van der Waals surface area contributed by atoms with Crippen LogP contribution in [0.3, 0.4) is 0 Å². The van der Waals surface area contributed by atoms with Gasteiger partial charge in [0, 0.05) is 43.8 Å². The lowest BCUT2D eigenvalue weighted by atomic mass is 10.00. The largest absolute Gasteiger partial charge is 0.354 e. The molecule has 3 heterocycles. The summed E-state index contributed by atoms with van der Waals surface area (Å²) in [4.78, 5) is 24.2. The molecule has 0 radical (unpaired) electrons. The second-order valence-corrected chi connectivity index (χ2v) is 9.11. The van der Waals surface area contributed by atoms with Gasteiger partial charge in [-0.15, -0.1) is 11.3 Å². The number of nitrogens with one attached hydrogen (secondary N) is 1. The average molecular weight is 399 g/mol. The molecule has 0 unspecified atom stereocenters. The van der Waals surface area contributed by atoms with Crippen molar-refractivity contribution >= 4 is 23.1 Å². The molecule has 0 aromatic carbocycles. The zero-order chi connectivity index (χ0) is 19.3. The zero-order valence-electron chi connectivity index (χ0n) is 16.7. The van der Waals surface area contributed by atoms with Crippen LogP contribution in [0.25, 0.3) is 0 Å². The van der Waals surface area contributed by atoms with E-state index >= 15 is 0 Å². The standard InChI is InChI=1S/C22H30N4OS/c1-25-10-12-26(13-11-25)21-14-17(8-9-23-21)16-24-22(27)20-15-18-6-4-2-3-5-7-19(18)28-20/h8-9,14-15H,2-7,10-13,16H2,1H3,(H,24,27). The Bertz CT molecular complexity index is 785. The Morgan fingerprint density at radius 3 is 2.71 bits per heavy atom. The van der Waals surface area contributed by atoms with Crippen LogP contribution in [-0.4, -0.2) is 49.0 Å². The van der Waals surface area contributed by atoms with Crippen LogP contribution in [-0.2, 0) is 19.4 Å². The van der Waals surface area contributed by atoms with E-state index in [9.17, 15) is 4.79 Å². The highest BCUT2D eigenvalue weighted by molar-refractivity contribution is 7.14. The van der Waals surface area contributed by atoms with Gasteiger partial charge in [-0.2, -0.15) is 0 Å². The number of hydrogen-bond acceptors (Lipinski definition) is 5. The van der Waals surface area contributed by atoms with Crippen LogP contribution in [0, 0.1) is 0 Å². The Balaban J connectivity index is 1.37. The number of aryl methyl sites for hydroxylation is 2. The third-order valence-electron chi connectivity index (χ3n) is 5.81. The van der Waals surface area contributed by atoms with E-state index in [-0.39, 0.29) is 5.91 Å². The number of amides is 1. The highest BCUT2D eigenvalue weighted by atomic mass is 32.1. The third-order valence-corrected chi connectivity index (χ3v) is 7.05. The molecule has 2 aliphatic rings. The summed E-state index contributed by atoms with van der Waals surface area (Å²) in [5.41, 5.74) is 2.50. The zero-order valence-corrected chi connectivity index (χ0v) is 17.6. The second kappa shape index (κ2) is 9.05. The smallest absolute Gasteiger partial charge is 0.261 e. The lowest BCUT2D eigenvalue weighted by Gasteiger charge is -2.33. The number of likely N-dealkylation sites (N-methyl/N-ethyl adjacent to an activating group) is 1. The maximum atomic E-state index is 12.7. The van der Waals surface area contributed by atoms with Crippen LogP contribution >= 0.6 is 11.3 Å². The van der Waals surface area contributed by atoms with Crippen molar-refractivity contribution in [1.29, 1.82) is 0 Å². The third kappa shape index (κ3) is 4.73. The molecule has 4 rings (SSSR count). The molecule has 150 valence electrons. The lowest BCUT2D eigenvalue weighted by molar-refractivity contribution is 0.0955. The number of carbonyl (C=O) groups is 1. The van der Waals surface area contributed by atoms with E-state index < -0.39 is 0 Å². The van der Waals surface area contributed by atoms with Crippen LogP contribution in [0.4, 0.5) is 5.82 Å². The normalized spacial score (nSPS) is 18.2. The number of pyridine rings is 1. The minimum Gasteiger partial charge on any atom is -0.354 e. The van der Waals surface area contributed by atoms with Crippen LogP contribution in [0.2, 0.25) is 0 Å². The number of aromatic nitrogens is 1. The first-order chi connectivity index (χ1) is 13.7. The molecule has 1 fully saturated rings. The molecule has 2 aromatic heterocycles. The number of fused-ring (bicyclic) bond motifs is 1. The molecular weight excluding hydrogens is 368 g/mol. The van der Waals surface area contributed by atoms with Crippen molar-refractivity contribution in [3.05, 3.63) is 45.3 Å². The van der Waals surface area contributed by atoms with Crippen LogP contribution < -0.4 is 10.2 Å².